The number of piperidine rings is 1. The van der Waals surface area contributed by atoms with Gasteiger partial charge in [0.2, 0.25) is 5.91 Å². The van der Waals surface area contributed by atoms with Crippen LogP contribution in [0, 0.1) is 0 Å². The van der Waals surface area contributed by atoms with Gasteiger partial charge in [-0.3, -0.25) is 9.59 Å². The maximum absolute atomic E-state index is 13.0. The predicted molar refractivity (Wildman–Crippen MR) is 98.8 cm³/mol. The fourth-order valence-electron chi connectivity index (χ4n) is 4.73. The van der Waals surface area contributed by atoms with Gasteiger partial charge in [-0.2, -0.15) is 0 Å². The van der Waals surface area contributed by atoms with Crippen molar-refractivity contribution in [1.29, 1.82) is 0 Å². The smallest absolute Gasteiger partial charge is 0.254 e. The minimum Gasteiger partial charge on any atom is -0.508 e. The Labute approximate surface area is 154 Å². The molecule has 1 aromatic rings. The van der Waals surface area contributed by atoms with E-state index in [0.29, 0.717) is 18.7 Å². The summed E-state index contributed by atoms with van der Waals surface area (Å²) in [6.45, 7) is 3.34. The molecule has 5 heteroatoms. The van der Waals surface area contributed by atoms with E-state index in [1.165, 1.54) is 5.57 Å². The van der Waals surface area contributed by atoms with Gasteiger partial charge in [0, 0.05) is 24.2 Å². The van der Waals surface area contributed by atoms with E-state index in [1.54, 1.807) is 24.3 Å². The molecule has 2 amide bonds. The number of nitrogens with zero attached hydrogens (tertiary/aromatic N) is 2. The van der Waals surface area contributed by atoms with Crippen LogP contribution in [0.3, 0.4) is 0 Å². The molecule has 1 N–H and O–H groups in total. The molecule has 2 unspecified atom stereocenters. The molecule has 3 aliphatic rings. The van der Waals surface area contributed by atoms with Crippen LogP contribution < -0.4 is 0 Å². The zero-order valence-corrected chi connectivity index (χ0v) is 15.3. The maximum atomic E-state index is 13.0. The first kappa shape index (κ1) is 17.1. The third-order valence-electron chi connectivity index (χ3n) is 6.11. The Kier molecular flexibility index (Phi) is 4.47. The Morgan fingerprint density at radius 3 is 2.19 bits per heavy atom. The Balaban J connectivity index is 1.53. The van der Waals surface area contributed by atoms with Gasteiger partial charge in [-0.05, 0) is 69.7 Å². The third-order valence-corrected chi connectivity index (χ3v) is 6.11. The summed E-state index contributed by atoms with van der Waals surface area (Å²) in [5.74, 6) is 0.370. The quantitative estimate of drug-likeness (QED) is 0.888. The second kappa shape index (κ2) is 6.78. The van der Waals surface area contributed by atoms with Gasteiger partial charge in [-0.1, -0.05) is 5.57 Å². The average molecular weight is 354 g/mol. The molecular formula is C21H26N2O3. The van der Waals surface area contributed by atoms with Crippen molar-refractivity contribution in [1.82, 2.24) is 9.80 Å². The van der Waals surface area contributed by atoms with Crippen LogP contribution in [0.1, 0.15) is 55.8 Å². The number of allylic oxidation sites excluding steroid dienone is 1. The van der Waals surface area contributed by atoms with Gasteiger partial charge in [0.1, 0.15) is 5.75 Å². The van der Waals surface area contributed by atoms with Crippen molar-refractivity contribution in [2.45, 2.75) is 57.5 Å². The molecule has 0 aromatic heterocycles. The lowest BCUT2D eigenvalue weighted by atomic mass is 9.89. The Morgan fingerprint density at radius 2 is 1.62 bits per heavy atom. The number of carbonyl (C=O) groups excluding carboxylic acids is 2. The SMILES string of the molecule is CC1=C(C(=O)N2CC3CCCC(C2)N3C(=O)c2ccc(O)cc2)CCC1. The van der Waals surface area contributed by atoms with Gasteiger partial charge >= 0.3 is 0 Å². The van der Waals surface area contributed by atoms with Crippen molar-refractivity contribution in [3.8, 4) is 5.75 Å². The normalized spacial score (nSPS) is 25.6. The number of piperazine rings is 1. The molecule has 1 aliphatic carbocycles. The van der Waals surface area contributed by atoms with E-state index in [1.807, 2.05) is 9.80 Å². The van der Waals surface area contributed by atoms with Gasteiger partial charge in [-0.15, -0.1) is 0 Å². The predicted octanol–water partition coefficient (Wildman–Crippen LogP) is 3.10. The summed E-state index contributed by atoms with van der Waals surface area (Å²) in [5.41, 5.74) is 2.85. The highest BCUT2D eigenvalue weighted by Crippen LogP contribution is 2.33. The van der Waals surface area contributed by atoms with E-state index in [4.69, 9.17) is 0 Å². The second-order valence-corrected chi connectivity index (χ2v) is 7.82. The minimum atomic E-state index is 0.0167. The fraction of sp³-hybridized carbons (Fsp3) is 0.524. The largest absolute Gasteiger partial charge is 0.508 e. The lowest BCUT2D eigenvalue weighted by molar-refractivity contribution is -0.132. The van der Waals surface area contributed by atoms with Crippen LogP contribution in [-0.4, -0.2) is 51.9 Å². The summed E-state index contributed by atoms with van der Waals surface area (Å²) in [5, 5.41) is 9.46. The number of benzene rings is 1. The molecule has 2 bridgehead atoms. The highest BCUT2D eigenvalue weighted by molar-refractivity contribution is 5.96. The van der Waals surface area contributed by atoms with Crippen molar-refractivity contribution in [2.24, 2.45) is 0 Å². The molecule has 0 spiro atoms. The van der Waals surface area contributed by atoms with E-state index in [-0.39, 0.29) is 29.6 Å². The van der Waals surface area contributed by atoms with E-state index in [2.05, 4.69) is 6.92 Å². The van der Waals surface area contributed by atoms with Crippen LogP contribution in [0.2, 0.25) is 0 Å². The summed E-state index contributed by atoms with van der Waals surface area (Å²) in [6.07, 6.45) is 6.02. The van der Waals surface area contributed by atoms with Gasteiger partial charge in [0.25, 0.3) is 5.91 Å². The first-order chi connectivity index (χ1) is 12.5. The van der Waals surface area contributed by atoms with E-state index in [0.717, 1.165) is 44.1 Å². The number of rotatable bonds is 2. The van der Waals surface area contributed by atoms with Crippen molar-refractivity contribution >= 4 is 11.8 Å². The highest BCUT2D eigenvalue weighted by atomic mass is 16.3. The number of phenolic OH excluding ortho intramolecular Hbond substituents is 1. The molecule has 2 aliphatic heterocycles. The Hall–Kier alpha value is -2.30. The van der Waals surface area contributed by atoms with Gasteiger partial charge in [0.05, 0.1) is 12.1 Å². The molecule has 2 saturated heterocycles. The first-order valence-corrected chi connectivity index (χ1v) is 9.64. The molecular weight excluding hydrogens is 328 g/mol. The standard InChI is InChI=1S/C21H26N2O3/c1-14-4-2-7-19(14)21(26)22-12-16-5-3-6-17(13-22)23(16)20(25)15-8-10-18(24)11-9-15/h8-11,16-17,24H,2-7,12-13H2,1H3. The molecule has 0 radical (unpaired) electrons. The topological polar surface area (TPSA) is 60.9 Å². The van der Waals surface area contributed by atoms with Crippen LogP contribution >= 0.6 is 0 Å². The Bertz CT molecular complexity index is 739. The number of fused-ring (bicyclic) bond motifs is 2. The number of phenols is 1. The molecule has 2 atom stereocenters. The second-order valence-electron chi connectivity index (χ2n) is 7.82. The molecule has 0 saturated carbocycles. The van der Waals surface area contributed by atoms with Crippen LogP contribution in [0.15, 0.2) is 35.4 Å². The molecule has 2 fully saturated rings. The lowest BCUT2D eigenvalue weighted by Crippen LogP contribution is -2.63. The number of hydrogen-bond donors (Lipinski definition) is 1. The summed E-state index contributed by atoms with van der Waals surface area (Å²) in [4.78, 5) is 30.0. The van der Waals surface area contributed by atoms with Crippen molar-refractivity contribution < 1.29 is 14.7 Å². The molecule has 1 aromatic carbocycles. The first-order valence-electron chi connectivity index (χ1n) is 9.64. The number of amides is 2. The zero-order chi connectivity index (χ0) is 18.3. The van der Waals surface area contributed by atoms with E-state index < -0.39 is 0 Å². The Morgan fingerprint density at radius 1 is 0.962 bits per heavy atom. The minimum absolute atomic E-state index is 0.0167. The monoisotopic (exact) mass is 354 g/mol. The molecule has 2 heterocycles. The average Bonchev–Trinajstić information content (AvgIpc) is 3.06. The molecule has 4 rings (SSSR count). The number of carbonyl (C=O) groups is 2. The summed E-state index contributed by atoms with van der Waals surface area (Å²) in [6, 6.07) is 6.65. The summed E-state index contributed by atoms with van der Waals surface area (Å²) in [7, 11) is 0. The maximum Gasteiger partial charge on any atom is 0.254 e. The van der Waals surface area contributed by atoms with E-state index >= 15 is 0 Å². The number of likely N-dealkylation sites (tertiary alicyclic amines) is 1. The van der Waals surface area contributed by atoms with Crippen LogP contribution in [-0.2, 0) is 4.79 Å². The summed E-state index contributed by atoms with van der Waals surface area (Å²) < 4.78 is 0. The number of aromatic hydroxyl groups is 1. The molecule has 138 valence electrons. The van der Waals surface area contributed by atoms with Crippen molar-refractivity contribution in [2.75, 3.05) is 13.1 Å². The van der Waals surface area contributed by atoms with Gasteiger partial charge < -0.3 is 14.9 Å². The number of hydrogen-bond acceptors (Lipinski definition) is 3. The highest BCUT2D eigenvalue weighted by Gasteiger charge is 2.42. The van der Waals surface area contributed by atoms with Crippen molar-refractivity contribution in [3.63, 3.8) is 0 Å². The van der Waals surface area contributed by atoms with Crippen LogP contribution in [0.4, 0.5) is 0 Å². The summed E-state index contributed by atoms with van der Waals surface area (Å²) >= 11 is 0. The third kappa shape index (κ3) is 3.00. The van der Waals surface area contributed by atoms with Crippen LogP contribution in [0.25, 0.3) is 0 Å². The van der Waals surface area contributed by atoms with Gasteiger partial charge in [-0.25, -0.2) is 0 Å². The van der Waals surface area contributed by atoms with E-state index in [9.17, 15) is 14.7 Å². The van der Waals surface area contributed by atoms with Crippen LogP contribution in [0.5, 0.6) is 5.75 Å². The zero-order valence-electron chi connectivity index (χ0n) is 15.3. The molecule has 26 heavy (non-hydrogen) atoms. The van der Waals surface area contributed by atoms with Gasteiger partial charge in [0.15, 0.2) is 0 Å². The van der Waals surface area contributed by atoms with Crippen molar-refractivity contribution in [3.05, 3.63) is 41.0 Å². The lowest BCUT2D eigenvalue weighted by Gasteiger charge is -2.50. The molecule has 5 nitrogen and oxygen atoms in total. The fourth-order valence-corrected chi connectivity index (χ4v) is 4.73.